The normalized spacial score (nSPS) is 21.7. The number of fused-ring (bicyclic) bond motifs is 3. The molecular weight excluding hydrogens is 865 g/mol. The molecule has 64 heavy (non-hydrogen) atoms. The van der Waals surface area contributed by atoms with Crippen LogP contribution in [0.1, 0.15) is 122 Å². The quantitative estimate of drug-likeness (QED) is 0.148. The number of likely N-dealkylation sites (tertiary alicyclic amines) is 1. The SMILES string of the molecule is CC1CCC(c2cc3c(C(C)OC4CCCCO4)nc4c(F)c(-c5cccc(Cl)c5Cl)c(CCC#N)cc4c3n2C2CCN(C(=O)OC(C)(C)C)[C@@H]2C)N1.COc1cc(=O)c(F)c[nH]1. The third-order valence-electron chi connectivity index (χ3n) is 12.2. The maximum absolute atomic E-state index is 17.7. The highest BCUT2D eigenvalue weighted by atomic mass is 35.5. The third-order valence-corrected chi connectivity index (χ3v) is 13.0. The molecule has 2 aromatic carbocycles. The van der Waals surface area contributed by atoms with E-state index in [4.69, 9.17) is 42.4 Å². The molecule has 6 heterocycles. The van der Waals surface area contributed by atoms with Crippen molar-refractivity contribution in [3.05, 3.63) is 91.4 Å². The number of methoxy groups -OCH3 is 1. The van der Waals surface area contributed by atoms with Crippen LogP contribution in [-0.4, -0.2) is 69.8 Å². The maximum atomic E-state index is 17.7. The van der Waals surface area contributed by atoms with Crippen LogP contribution >= 0.6 is 23.2 Å². The molecule has 5 aromatic rings. The van der Waals surface area contributed by atoms with Crippen molar-refractivity contribution in [2.24, 2.45) is 0 Å². The summed E-state index contributed by atoms with van der Waals surface area (Å²) in [5.41, 5.74) is 2.73. The Bertz CT molecular complexity index is 2620. The Labute approximate surface area is 382 Å². The molecule has 12 nitrogen and oxygen atoms in total. The lowest BCUT2D eigenvalue weighted by molar-refractivity contribution is -0.186. The molecule has 3 aliphatic rings. The first-order chi connectivity index (χ1) is 30.5. The lowest BCUT2D eigenvalue weighted by Gasteiger charge is -2.30. The number of aromatic amines is 1. The zero-order valence-electron chi connectivity index (χ0n) is 37.3. The summed E-state index contributed by atoms with van der Waals surface area (Å²) in [6, 6.07) is 12.6. The predicted octanol–water partition coefficient (Wildman–Crippen LogP) is 11.3. The lowest BCUT2D eigenvalue weighted by Crippen LogP contribution is -2.40. The Balaban J connectivity index is 0.000000541. The number of hydrogen-bond donors (Lipinski definition) is 2. The van der Waals surface area contributed by atoms with Gasteiger partial charge in [-0.15, -0.1) is 0 Å². The standard InChI is InChI=1S/C42H50Cl2FN5O4.C6H6FNO2/c1-23-15-16-31(47-23)33-22-29-38(25(3)53-34-14-7-8-20-52-34)48-39-28(40(29)50(33)32-17-19-49(24(32)2)41(51)54-42(4,5)6)21-26(11-10-18-46)35(37(39)45)27-12-9-13-30(43)36(27)44;1-10-6-2-5(9)4(7)3-8-6/h9,12-13,21-25,31-32,34,47H,7-8,10-11,14-17,19-20H2,1-6H3;2-3H,1H3,(H,8,9)/t23?,24-,25?,31?,32?,34?;/m1./s1. The van der Waals surface area contributed by atoms with Crippen LogP contribution in [0.4, 0.5) is 13.6 Å². The van der Waals surface area contributed by atoms with E-state index in [0.717, 1.165) is 61.0 Å². The van der Waals surface area contributed by atoms with Crippen molar-refractivity contribution in [2.75, 3.05) is 20.3 Å². The largest absolute Gasteiger partial charge is 0.482 e. The number of carbonyl (C=O) groups excluding carboxylic acids is 1. The number of carbonyl (C=O) groups is 1. The number of halogens is 4. The second-order valence-electron chi connectivity index (χ2n) is 17.8. The molecule has 5 unspecified atom stereocenters. The first-order valence-electron chi connectivity index (χ1n) is 22.0. The van der Waals surface area contributed by atoms with Crippen LogP contribution in [0.5, 0.6) is 5.88 Å². The fourth-order valence-electron chi connectivity index (χ4n) is 9.16. The van der Waals surface area contributed by atoms with Gasteiger partial charge in [-0.05, 0) is 110 Å². The number of pyridine rings is 2. The van der Waals surface area contributed by atoms with E-state index in [1.54, 1.807) is 18.2 Å². The molecule has 0 bridgehead atoms. The maximum Gasteiger partial charge on any atom is 0.410 e. The molecule has 2 N–H and O–H groups in total. The van der Waals surface area contributed by atoms with Crippen molar-refractivity contribution in [1.29, 1.82) is 5.26 Å². The van der Waals surface area contributed by atoms with Crippen LogP contribution in [0.2, 0.25) is 10.0 Å². The molecule has 6 atom stereocenters. The summed E-state index contributed by atoms with van der Waals surface area (Å²) in [6.07, 6.45) is 5.54. The molecule has 0 aliphatic carbocycles. The number of nitrogens with one attached hydrogen (secondary N) is 2. The fraction of sp³-hybridized carbons (Fsp3) is 0.500. The van der Waals surface area contributed by atoms with Gasteiger partial charge < -0.3 is 38.7 Å². The monoisotopic (exact) mass is 920 g/mol. The van der Waals surface area contributed by atoms with E-state index in [0.29, 0.717) is 59.3 Å². The summed E-state index contributed by atoms with van der Waals surface area (Å²) >= 11 is 13.2. The van der Waals surface area contributed by atoms with Gasteiger partial charge in [0.05, 0.1) is 46.5 Å². The van der Waals surface area contributed by atoms with Gasteiger partial charge in [0.15, 0.2) is 23.8 Å². The second kappa shape index (κ2) is 19.8. The van der Waals surface area contributed by atoms with Gasteiger partial charge in [-0.2, -0.15) is 5.26 Å². The van der Waals surface area contributed by atoms with E-state index in [1.807, 2.05) is 38.7 Å². The van der Waals surface area contributed by atoms with E-state index < -0.39 is 35.1 Å². The first-order valence-corrected chi connectivity index (χ1v) is 22.7. The Kier molecular flexibility index (Phi) is 14.6. The van der Waals surface area contributed by atoms with Gasteiger partial charge in [0.25, 0.3) is 0 Å². The molecule has 3 saturated heterocycles. The second-order valence-corrected chi connectivity index (χ2v) is 18.6. The third kappa shape index (κ3) is 9.89. The molecule has 0 spiro atoms. The zero-order chi connectivity index (χ0) is 46.0. The molecule has 16 heteroatoms. The van der Waals surface area contributed by atoms with Gasteiger partial charge in [0.1, 0.15) is 17.2 Å². The minimum Gasteiger partial charge on any atom is -0.482 e. The van der Waals surface area contributed by atoms with E-state index in [9.17, 15) is 19.2 Å². The Morgan fingerprint density at radius 3 is 2.53 bits per heavy atom. The minimum absolute atomic E-state index is 0.0309. The molecule has 0 radical (unpaired) electrons. The molecule has 342 valence electrons. The van der Waals surface area contributed by atoms with Crippen molar-refractivity contribution in [3.63, 3.8) is 0 Å². The van der Waals surface area contributed by atoms with E-state index in [1.165, 1.54) is 7.11 Å². The predicted molar refractivity (Wildman–Crippen MR) is 244 cm³/mol. The number of nitriles is 1. The van der Waals surface area contributed by atoms with Crippen molar-refractivity contribution in [2.45, 2.75) is 135 Å². The summed E-state index contributed by atoms with van der Waals surface area (Å²) in [5, 5.41) is 15.5. The van der Waals surface area contributed by atoms with Crippen molar-refractivity contribution >= 4 is 51.1 Å². The number of amides is 1. The van der Waals surface area contributed by atoms with Crippen LogP contribution < -0.4 is 15.5 Å². The van der Waals surface area contributed by atoms with Gasteiger partial charge in [0, 0.05) is 71.5 Å². The van der Waals surface area contributed by atoms with Crippen LogP contribution in [-0.2, 0) is 20.6 Å². The Morgan fingerprint density at radius 2 is 1.88 bits per heavy atom. The van der Waals surface area contributed by atoms with Gasteiger partial charge in [0.2, 0.25) is 5.43 Å². The average molecular weight is 922 g/mol. The summed E-state index contributed by atoms with van der Waals surface area (Å²) in [4.78, 5) is 33.4. The Morgan fingerprint density at radius 1 is 1.09 bits per heavy atom. The van der Waals surface area contributed by atoms with E-state index in [-0.39, 0.29) is 52.6 Å². The molecule has 3 aromatic heterocycles. The van der Waals surface area contributed by atoms with Gasteiger partial charge >= 0.3 is 6.09 Å². The number of ether oxygens (including phenoxy) is 4. The van der Waals surface area contributed by atoms with Crippen LogP contribution in [0.15, 0.2) is 47.4 Å². The van der Waals surface area contributed by atoms with Crippen LogP contribution in [0.3, 0.4) is 0 Å². The zero-order valence-corrected chi connectivity index (χ0v) is 38.8. The number of aromatic nitrogens is 3. The topological polar surface area (TPSA) is 144 Å². The number of aryl methyl sites for hydroxylation is 1. The Hall–Kier alpha value is -4.78. The van der Waals surface area contributed by atoms with Crippen molar-refractivity contribution in [1.82, 2.24) is 24.8 Å². The van der Waals surface area contributed by atoms with E-state index in [2.05, 4.69) is 45.6 Å². The molecule has 3 fully saturated rings. The first kappa shape index (κ1) is 47.2. The number of hydrogen-bond acceptors (Lipinski definition) is 9. The summed E-state index contributed by atoms with van der Waals surface area (Å²) < 4.78 is 55.3. The van der Waals surface area contributed by atoms with Gasteiger partial charge in [-0.3, -0.25) is 4.79 Å². The number of benzene rings is 2. The number of H-pyrrole nitrogens is 1. The van der Waals surface area contributed by atoms with Gasteiger partial charge in [-0.1, -0.05) is 35.3 Å². The van der Waals surface area contributed by atoms with Crippen molar-refractivity contribution in [3.8, 4) is 23.1 Å². The fourth-order valence-corrected chi connectivity index (χ4v) is 9.55. The van der Waals surface area contributed by atoms with Crippen molar-refractivity contribution < 1.29 is 32.5 Å². The highest BCUT2D eigenvalue weighted by molar-refractivity contribution is 6.43. The highest BCUT2D eigenvalue weighted by Crippen LogP contribution is 2.46. The van der Waals surface area contributed by atoms with Crippen LogP contribution in [0.25, 0.3) is 32.9 Å². The summed E-state index contributed by atoms with van der Waals surface area (Å²) in [5.74, 6) is -1.09. The summed E-state index contributed by atoms with van der Waals surface area (Å²) in [6.45, 7) is 13.0. The molecule has 1 amide bonds. The highest BCUT2D eigenvalue weighted by Gasteiger charge is 2.41. The summed E-state index contributed by atoms with van der Waals surface area (Å²) in [7, 11) is 1.39. The lowest BCUT2D eigenvalue weighted by atomic mass is 9.92. The van der Waals surface area contributed by atoms with Crippen LogP contribution in [0, 0.1) is 23.0 Å². The number of nitrogens with zero attached hydrogens (tertiary/aromatic N) is 4. The molecule has 8 rings (SSSR count). The smallest absolute Gasteiger partial charge is 0.410 e. The molecular formula is C48H56Cl2F2N6O6. The molecule has 3 aliphatic heterocycles. The van der Waals surface area contributed by atoms with E-state index >= 15 is 4.39 Å². The minimum atomic E-state index is -0.805. The molecule has 0 saturated carbocycles. The average Bonchev–Trinajstić information content (AvgIpc) is 3.98. The number of rotatable bonds is 9. The van der Waals surface area contributed by atoms with Gasteiger partial charge in [-0.25, -0.2) is 18.6 Å².